The second kappa shape index (κ2) is 13.2. The van der Waals surface area contributed by atoms with E-state index in [0.717, 1.165) is 24.6 Å². The summed E-state index contributed by atoms with van der Waals surface area (Å²) >= 11 is 1.80. The maximum Gasteiger partial charge on any atom is 0.224 e. The van der Waals surface area contributed by atoms with E-state index in [2.05, 4.69) is 35.7 Å². The van der Waals surface area contributed by atoms with Crippen molar-refractivity contribution in [3.63, 3.8) is 0 Å². The molecule has 0 fully saturated rings. The summed E-state index contributed by atoms with van der Waals surface area (Å²) < 4.78 is 0.105. The molecule has 1 amide bonds. The van der Waals surface area contributed by atoms with Crippen LogP contribution in [0, 0.1) is 0 Å². The Morgan fingerprint density at radius 2 is 1.88 bits per heavy atom. The number of benzene rings is 1. The van der Waals surface area contributed by atoms with E-state index in [4.69, 9.17) is 0 Å². The summed E-state index contributed by atoms with van der Waals surface area (Å²) in [5.41, 5.74) is 1.14. The van der Waals surface area contributed by atoms with Crippen molar-refractivity contribution in [3.8, 4) is 0 Å². The Bertz CT molecular complexity index is 552. The van der Waals surface area contributed by atoms with Gasteiger partial charge in [-0.2, -0.15) is 11.8 Å². The van der Waals surface area contributed by atoms with E-state index in [-0.39, 0.29) is 34.6 Å². The number of halogens is 1. The molecule has 1 rings (SSSR count). The van der Waals surface area contributed by atoms with Crippen LogP contribution in [0.1, 0.15) is 32.8 Å². The van der Waals surface area contributed by atoms with Crippen LogP contribution >= 0.6 is 35.7 Å². The lowest BCUT2D eigenvalue weighted by Crippen LogP contribution is -2.40. The summed E-state index contributed by atoms with van der Waals surface area (Å²) in [5, 5.41) is 6.48. The predicted molar refractivity (Wildman–Crippen MR) is 125 cm³/mol. The van der Waals surface area contributed by atoms with Gasteiger partial charge in [0.1, 0.15) is 0 Å². The number of carbonyl (C=O) groups is 1. The van der Waals surface area contributed by atoms with E-state index >= 15 is 0 Å². The fourth-order valence-electron chi connectivity index (χ4n) is 2.10. The average molecular weight is 492 g/mol. The first-order chi connectivity index (χ1) is 11.9. The van der Waals surface area contributed by atoms with Crippen molar-refractivity contribution >= 4 is 47.6 Å². The van der Waals surface area contributed by atoms with Crippen molar-refractivity contribution in [3.05, 3.63) is 35.9 Å². The summed E-state index contributed by atoms with van der Waals surface area (Å²) in [4.78, 5) is 18.6. The molecular weight excluding hydrogens is 459 g/mol. The van der Waals surface area contributed by atoms with Crippen LogP contribution in [0.3, 0.4) is 0 Å². The zero-order valence-electron chi connectivity index (χ0n) is 16.5. The second-order valence-corrected chi connectivity index (χ2v) is 8.08. The van der Waals surface area contributed by atoms with Crippen molar-refractivity contribution in [2.75, 3.05) is 32.9 Å². The van der Waals surface area contributed by atoms with Gasteiger partial charge in [0.25, 0.3) is 0 Å². The van der Waals surface area contributed by atoms with E-state index < -0.39 is 0 Å². The zero-order valence-corrected chi connectivity index (χ0v) is 19.7. The first-order valence-electron chi connectivity index (χ1n) is 8.73. The highest BCUT2D eigenvalue weighted by atomic mass is 127. The van der Waals surface area contributed by atoms with Crippen LogP contribution in [0.5, 0.6) is 0 Å². The standard InChI is InChI=1S/C19H32N4OS.HI/c1-6-20-18(22-15-19(2,3)25-5)21-13-12-17(24)23(4)14-16-10-8-7-9-11-16;/h7-11H,6,12-15H2,1-5H3,(H2,20,21,22);1H. The molecule has 0 aliphatic rings. The lowest BCUT2D eigenvalue weighted by molar-refractivity contribution is -0.130. The van der Waals surface area contributed by atoms with E-state index in [1.165, 1.54) is 0 Å². The molecule has 0 saturated heterocycles. The van der Waals surface area contributed by atoms with Crippen molar-refractivity contribution < 1.29 is 4.79 Å². The van der Waals surface area contributed by atoms with Crippen molar-refractivity contribution in [2.45, 2.75) is 38.5 Å². The highest BCUT2D eigenvalue weighted by molar-refractivity contribution is 14.0. The smallest absolute Gasteiger partial charge is 0.224 e. The zero-order chi connectivity index (χ0) is 18.7. The third kappa shape index (κ3) is 10.3. The Hall–Kier alpha value is -0.960. The van der Waals surface area contributed by atoms with Crippen molar-refractivity contribution in [1.82, 2.24) is 15.5 Å². The van der Waals surface area contributed by atoms with E-state index in [0.29, 0.717) is 19.5 Å². The van der Waals surface area contributed by atoms with Crippen LogP contribution in [0.25, 0.3) is 0 Å². The number of nitrogens with one attached hydrogen (secondary N) is 2. The number of thioether (sulfide) groups is 1. The molecule has 0 aliphatic heterocycles. The molecule has 1 aromatic carbocycles. The number of amides is 1. The predicted octanol–water partition coefficient (Wildman–Crippen LogP) is 3.35. The molecule has 0 unspecified atom stereocenters. The Kier molecular flexibility index (Phi) is 12.8. The maximum atomic E-state index is 12.3. The number of nitrogens with zero attached hydrogens (tertiary/aromatic N) is 2. The third-order valence-corrected chi connectivity index (χ3v) is 5.07. The number of aliphatic imine (C=N–C) groups is 1. The molecule has 26 heavy (non-hydrogen) atoms. The molecule has 0 bridgehead atoms. The molecule has 0 saturated carbocycles. The lowest BCUT2D eigenvalue weighted by atomic mass is 10.2. The highest BCUT2D eigenvalue weighted by Gasteiger charge is 2.15. The van der Waals surface area contributed by atoms with Gasteiger partial charge in [0.15, 0.2) is 5.96 Å². The normalized spacial score (nSPS) is 11.5. The highest BCUT2D eigenvalue weighted by Crippen LogP contribution is 2.20. The third-order valence-electron chi connectivity index (χ3n) is 3.83. The molecule has 148 valence electrons. The van der Waals surface area contributed by atoms with Gasteiger partial charge in [-0.25, -0.2) is 0 Å². The summed E-state index contributed by atoms with van der Waals surface area (Å²) in [6, 6.07) is 10.0. The number of hydrogen-bond acceptors (Lipinski definition) is 3. The Balaban J connectivity index is 0.00000625. The van der Waals surface area contributed by atoms with Crippen LogP contribution in [0.15, 0.2) is 35.3 Å². The molecule has 0 radical (unpaired) electrons. The van der Waals surface area contributed by atoms with Crippen LogP contribution in [-0.4, -0.2) is 54.5 Å². The molecule has 0 aromatic heterocycles. The van der Waals surface area contributed by atoms with Gasteiger partial charge >= 0.3 is 0 Å². The minimum atomic E-state index is 0. The van der Waals surface area contributed by atoms with Crippen molar-refractivity contribution in [2.24, 2.45) is 4.99 Å². The van der Waals surface area contributed by atoms with Gasteiger partial charge in [-0.3, -0.25) is 9.79 Å². The topological polar surface area (TPSA) is 56.7 Å². The molecule has 1 aromatic rings. The van der Waals surface area contributed by atoms with Crippen LogP contribution in [0.4, 0.5) is 0 Å². The van der Waals surface area contributed by atoms with Gasteiger partial charge in [0.05, 0.1) is 6.54 Å². The van der Waals surface area contributed by atoms with E-state index in [9.17, 15) is 4.79 Å². The van der Waals surface area contributed by atoms with Gasteiger partial charge in [-0.05, 0) is 32.6 Å². The Morgan fingerprint density at radius 3 is 2.46 bits per heavy atom. The molecule has 2 N–H and O–H groups in total. The van der Waals surface area contributed by atoms with Crippen LogP contribution < -0.4 is 10.6 Å². The van der Waals surface area contributed by atoms with Gasteiger partial charge in [0.2, 0.25) is 5.91 Å². The largest absolute Gasteiger partial charge is 0.357 e. The summed E-state index contributed by atoms with van der Waals surface area (Å²) in [6.07, 6.45) is 2.54. The molecule has 0 spiro atoms. The minimum Gasteiger partial charge on any atom is -0.357 e. The molecule has 0 heterocycles. The molecule has 0 atom stereocenters. The fraction of sp³-hybridized carbons (Fsp3) is 0.579. The quantitative estimate of drug-likeness (QED) is 0.316. The van der Waals surface area contributed by atoms with Crippen LogP contribution in [0.2, 0.25) is 0 Å². The molecule has 7 heteroatoms. The molecular formula is C19H33IN4OS. The summed E-state index contributed by atoms with van der Waals surface area (Å²) in [5.74, 6) is 0.889. The first kappa shape index (κ1) is 25.0. The lowest BCUT2D eigenvalue weighted by Gasteiger charge is -2.21. The number of hydrogen-bond donors (Lipinski definition) is 2. The first-order valence-corrected chi connectivity index (χ1v) is 9.95. The number of rotatable bonds is 9. The van der Waals surface area contributed by atoms with Crippen LogP contribution in [-0.2, 0) is 11.3 Å². The fourth-order valence-corrected chi connectivity index (χ4v) is 2.29. The maximum absolute atomic E-state index is 12.3. The Labute approximate surface area is 179 Å². The average Bonchev–Trinajstić information content (AvgIpc) is 2.60. The molecule has 5 nitrogen and oxygen atoms in total. The summed E-state index contributed by atoms with van der Waals surface area (Å²) in [7, 11) is 1.84. The van der Waals surface area contributed by atoms with Crippen molar-refractivity contribution in [1.29, 1.82) is 0 Å². The van der Waals surface area contributed by atoms with Gasteiger partial charge in [-0.15, -0.1) is 24.0 Å². The van der Waals surface area contributed by atoms with Gasteiger partial charge < -0.3 is 15.5 Å². The summed E-state index contributed by atoms with van der Waals surface area (Å²) in [6.45, 7) is 9.12. The van der Waals surface area contributed by atoms with Gasteiger partial charge in [-0.1, -0.05) is 30.3 Å². The minimum absolute atomic E-state index is 0. The SMILES string of the molecule is CCNC(=NCC(C)(C)SC)NCCC(=O)N(C)Cc1ccccc1.I. The molecule has 0 aliphatic carbocycles. The number of guanidine groups is 1. The van der Waals surface area contributed by atoms with E-state index in [1.807, 2.05) is 44.3 Å². The second-order valence-electron chi connectivity index (χ2n) is 6.57. The monoisotopic (exact) mass is 492 g/mol. The van der Waals surface area contributed by atoms with E-state index in [1.54, 1.807) is 16.7 Å². The Morgan fingerprint density at radius 1 is 1.23 bits per heavy atom. The number of carbonyl (C=O) groups excluding carboxylic acids is 1. The van der Waals surface area contributed by atoms with Gasteiger partial charge in [0, 0.05) is 37.8 Å².